The van der Waals surface area contributed by atoms with Crippen LogP contribution in [0.2, 0.25) is 0 Å². The minimum Gasteiger partial charge on any atom is -0.481 e. The van der Waals surface area contributed by atoms with Gasteiger partial charge in [-0.1, -0.05) is 18.2 Å². The maximum atomic E-state index is 10.3. The van der Waals surface area contributed by atoms with E-state index in [1.807, 2.05) is 18.2 Å². The molecule has 2 N–H and O–H groups in total. The van der Waals surface area contributed by atoms with Crippen molar-refractivity contribution in [1.29, 1.82) is 0 Å². The Morgan fingerprint density at radius 1 is 1.40 bits per heavy atom. The van der Waals surface area contributed by atoms with Gasteiger partial charge in [-0.15, -0.1) is 0 Å². The summed E-state index contributed by atoms with van der Waals surface area (Å²) in [5, 5.41) is 11.1. The third kappa shape index (κ3) is 3.81. The maximum absolute atomic E-state index is 10.3. The van der Waals surface area contributed by atoms with E-state index in [1.165, 1.54) is 0 Å². The van der Waals surface area contributed by atoms with Gasteiger partial charge in [0.1, 0.15) is 0 Å². The monoisotopic (exact) mass is 207 g/mol. The largest absolute Gasteiger partial charge is 0.481 e. The second-order valence-electron chi connectivity index (χ2n) is 3.17. The summed E-state index contributed by atoms with van der Waals surface area (Å²) in [5.41, 5.74) is 1.71. The van der Waals surface area contributed by atoms with E-state index in [2.05, 4.69) is 5.32 Å². The first-order valence-corrected chi connectivity index (χ1v) is 4.74. The topological polar surface area (TPSA) is 66.4 Å². The lowest BCUT2D eigenvalue weighted by molar-refractivity contribution is -0.137. The Hall–Kier alpha value is -1.84. The van der Waals surface area contributed by atoms with Crippen molar-refractivity contribution >= 4 is 18.1 Å². The number of nitrogens with one attached hydrogen (secondary N) is 1. The van der Waals surface area contributed by atoms with Crippen LogP contribution < -0.4 is 5.32 Å². The van der Waals surface area contributed by atoms with Crippen molar-refractivity contribution in [2.75, 3.05) is 5.32 Å². The third-order valence-corrected chi connectivity index (χ3v) is 2.07. The first-order chi connectivity index (χ1) is 7.24. The molecule has 0 radical (unpaired) electrons. The number of aliphatic carboxylic acids is 1. The van der Waals surface area contributed by atoms with E-state index in [1.54, 1.807) is 6.07 Å². The van der Waals surface area contributed by atoms with E-state index >= 15 is 0 Å². The summed E-state index contributed by atoms with van der Waals surface area (Å²) < 4.78 is 0. The number of hydrogen-bond donors (Lipinski definition) is 2. The molecule has 0 aliphatic carbocycles. The van der Waals surface area contributed by atoms with E-state index < -0.39 is 5.97 Å². The summed E-state index contributed by atoms with van der Waals surface area (Å²) in [5.74, 6) is -0.796. The zero-order chi connectivity index (χ0) is 11.1. The molecule has 0 saturated carbocycles. The lowest BCUT2D eigenvalue weighted by Crippen LogP contribution is -2.00. The number of carbonyl (C=O) groups is 2. The lowest BCUT2D eigenvalue weighted by atomic mass is 10.1. The molecule has 0 aliphatic heterocycles. The first kappa shape index (κ1) is 11.2. The van der Waals surface area contributed by atoms with Crippen LogP contribution in [0.25, 0.3) is 0 Å². The highest BCUT2D eigenvalue weighted by atomic mass is 16.4. The van der Waals surface area contributed by atoms with Gasteiger partial charge in [0.2, 0.25) is 6.41 Å². The first-order valence-electron chi connectivity index (χ1n) is 4.74. The van der Waals surface area contributed by atoms with Crippen LogP contribution in [-0.4, -0.2) is 17.5 Å². The van der Waals surface area contributed by atoms with E-state index in [0.717, 1.165) is 11.3 Å². The Morgan fingerprint density at radius 2 is 2.13 bits per heavy atom. The Balaban J connectivity index is 2.58. The van der Waals surface area contributed by atoms with E-state index in [4.69, 9.17) is 5.11 Å². The van der Waals surface area contributed by atoms with Crippen LogP contribution in [0.15, 0.2) is 24.3 Å². The minimum atomic E-state index is -0.796. The van der Waals surface area contributed by atoms with Gasteiger partial charge in [-0.2, -0.15) is 0 Å². The van der Waals surface area contributed by atoms with Gasteiger partial charge in [-0.25, -0.2) is 0 Å². The van der Waals surface area contributed by atoms with Gasteiger partial charge in [0.05, 0.1) is 0 Å². The number of carbonyl (C=O) groups excluding carboxylic acids is 1. The summed E-state index contributed by atoms with van der Waals surface area (Å²) in [6.45, 7) is 0. The molecule has 4 nitrogen and oxygen atoms in total. The summed E-state index contributed by atoms with van der Waals surface area (Å²) in [7, 11) is 0. The van der Waals surface area contributed by atoms with E-state index in [-0.39, 0.29) is 6.42 Å². The molecule has 1 aromatic rings. The molecule has 0 heterocycles. The average Bonchev–Trinajstić information content (AvgIpc) is 2.20. The standard InChI is InChI=1S/C11H13NO3/c13-8-12-10-6-2-1-4-9(10)5-3-7-11(14)15/h1-2,4,6,8H,3,5,7H2,(H,12,13)(H,14,15). The second kappa shape index (κ2) is 5.80. The van der Waals surface area contributed by atoms with Crippen molar-refractivity contribution in [2.24, 2.45) is 0 Å². The van der Waals surface area contributed by atoms with Crippen LogP contribution in [0.4, 0.5) is 5.69 Å². The van der Waals surface area contributed by atoms with Crippen LogP contribution in [0.1, 0.15) is 18.4 Å². The minimum absolute atomic E-state index is 0.148. The zero-order valence-electron chi connectivity index (χ0n) is 8.27. The van der Waals surface area contributed by atoms with Crippen LogP contribution in [0.5, 0.6) is 0 Å². The molecule has 0 saturated heterocycles. The molecule has 0 aliphatic rings. The van der Waals surface area contributed by atoms with Crippen molar-refractivity contribution in [3.8, 4) is 0 Å². The number of amides is 1. The highest BCUT2D eigenvalue weighted by Crippen LogP contribution is 2.16. The molecule has 15 heavy (non-hydrogen) atoms. The quantitative estimate of drug-likeness (QED) is 0.697. The van der Waals surface area contributed by atoms with Gasteiger partial charge in [0, 0.05) is 12.1 Å². The van der Waals surface area contributed by atoms with Crippen molar-refractivity contribution < 1.29 is 14.7 Å². The van der Waals surface area contributed by atoms with Crippen molar-refractivity contribution in [3.05, 3.63) is 29.8 Å². The van der Waals surface area contributed by atoms with Crippen LogP contribution >= 0.6 is 0 Å². The molecule has 0 bridgehead atoms. The zero-order valence-corrected chi connectivity index (χ0v) is 8.27. The lowest BCUT2D eigenvalue weighted by Gasteiger charge is -2.06. The smallest absolute Gasteiger partial charge is 0.303 e. The number of benzene rings is 1. The SMILES string of the molecule is O=CNc1ccccc1CCCC(=O)O. The molecular weight excluding hydrogens is 194 g/mol. The number of para-hydroxylation sites is 1. The van der Waals surface area contributed by atoms with Crippen molar-refractivity contribution in [2.45, 2.75) is 19.3 Å². The average molecular weight is 207 g/mol. The fraction of sp³-hybridized carbons (Fsp3) is 0.273. The fourth-order valence-electron chi connectivity index (χ4n) is 1.37. The normalized spacial score (nSPS) is 9.60. The molecule has 0 aromatic heterocycles. The molecule has 0 atom stereocenters. The molecule has 4 heteroatoms. The molecule has 1 aromatic carbocycles. The molecule has 0 spiro atoms. The highest BCUT2D eigenvalue weighted by molar-refractivity contribution is 5.73. The Bertz CT molecular complexity index is 349. The molecule has 1 amide bonds. The third-order valence-electron chi connectivity index (χ3n) is 2.07. The number of carboxylic acids is 1. The summed E-state index contributed by atoms with van der Waals surface area (Å²) in [6.07, 6.45) is 2.00. The highest BCUT2D eigenvalue weighted by Gasteiger charge is 2.02. The number of aryl methyl sites for hydroxylation is 1. The number of carboxylic acid groups (broad SMARTS) is 1. The van der Waals surface area contributed by atoms with Crippen LogP contribution in [-0.2, 0) is 16.0 Å². The Kier molecular flexibility index (Phi) is 4.34. The van der Waals surface area contributed by atoms with Gasteiger partial charge in [-0.3, -0.25) is 9.59 Å². The number of anilines is 1. The molecular formula is C11H13NO3. The molecule has 0 unspecified atom stereocenters. The molecule has 0 fully saturated rings. The van der Waals surface area contributed by atoms with Crippen LogP contribution in [0.3, 0.4) is 0 Å². The molecule has 80 valence electrons. The molecule has 1 rings (SSSR count). The van der Waals surface area contributed by atoms with Gasteiger partial charge < -0.3 is 10.4 Å². The summed E-state index contributed by atoms with van der Waals surface area (Å²) in [6, 6.07) is 7.37. The predicted molar refractivity (Wildman–Crippen MR) is 56.7 cm³/mol. The summed E-state index contributed by atoms with van der Waals surface area (Å²) in [4.78, 5) is 20.6. The number of rotatable bonds is 6. The van der Waals surface area contributed by atoms with Gasteiger partial charge in [0.15, 0.2) is 0 Å². The van der Waals surface area contributed by atoms with E-state index in [0.29, 0.717) is 19.3 Å². The maximum Gasteiger partial charge on any atom is 0.303 e. The Labute approximate surface area is 87.9 Å². The van der Waals surface area contributed by atoms with Crippen molar-refractivity contribution in [1.82, 2.24) is 0 Å². The second-order valence-corrected chi connectivity index (χ2v) is 3.17. The van der Waals surface area contributed by atoms with Crippen LogP contribution in [0, 0.1) is 0 Å². The number of hydrogen-bond acceptors (Lipinski definition) is 2. The van der Waals surface area contributed by atoms with Gasteiger partial charge in [0.25, 0.3) is 0 Å². The summed E-state index contributed by atoms with van der Waals surface area (Å²) >= 11 is 0. The van der Waals surface area contributed by atoms with Gasteiger partial charge >= 0.3 is 5.97 Å². The van der Waals surface area contributed by atoms with E-state index in [9.17, 15) is 9.59 Å². The fourth-order valence-corrected chi connectivity index (χ4v) is 1.37. The van der Waals surface area contributed by atoms with Crippen molar-refractivity contribution in [3.63, 3.8) is 0 Å². The predicted octanol–water partition coefficient (Wildman–Crippen LogP) is 1.66. The Morgan fingerprint density at radius 3 is 2.80 bits per heavy atom. The van der Waals surface area contributed by atoms with Gasteiger partial charge in [-0.05, 0) is 24.5 Å².